The fraction of sp³-hybridized carbons (Fsp3) is 0.364. The van der Waals surface area contributed by atoms with E-state index in [-0.39, 0.29) is 4.90 Å². The van der Waals surface area contributed by atoms with Gasteiger partial charge in [-0.05, 0) is 53.4 Å². The predicted octanol–water partition coefficient (Wildman–Crippen LogP) is 2.83. The van der Waals surface area contributed by atoms with Crippen molar-refractivity contribution >= 4 is 37.6 Å². The maximum Gasteiger partial charge on any atom is 0.241 e. The Morgan fingerprint density at radius 3 is 2.56 bits per heavy atom. The lowest BCUT2D eigenvalue weighted by atomic mass is 9.79. The van der Waals surface area contributed by atoms with E-state index in [1.165, 1.54) is 18.2 Å². The van der Waals surface area contributed by atoms with Gasteiger partial charge in [-0.1, -0.05) is 11.6 Å². The predicted molar refractivity (Wildman–Crippen MR) is 71.7 cm³/mol. The molecule has 1 aliphatic rings. The molecule has 1 aromatic rings. The smallest absolute Gasteiger partial charge is 0.207 e. The largest absolute Gasteiger partial charge is 0.241 e. The second kappa shape index (κ2) is 4.82. The van der Waals surface area contributed by atoms with Crippen molar-refractivity contribution in [2.45, 2.75) is 29.7 Å². The van der Waals surface area contributed by atoms with Gasteiger partial charge in [-0.25, -0.2) is 8.42 Å². The molecule has 1 aliphatic carbocycles. The zero-order valence-electron chi connectivity index (χ0n) is 9.28. The first-order valence-corrected chi connectivity index (χ1v) is 7.94. The van der Waals surface area contributed by atoms with Gasteiger partial charge in [0.2, 0.25) is 10.0 Å². The molecule has 1 N–H and O–H groups in total. The maximum absolute atomic E-state index is 12.1. The van der Waals surface area contributed by atoms with Gasteiger partial charge in [0.1, 0.15) is 5.54 Å². The van der Waals surface area contributed by atoms with Crippen LogP contribution in [0, 0.1) is 11.3 Å². The first-order chi connectivity index (χ1) is 8.38. The number of rotatable bonds is 3. The monoisotopic (exact) mass is 348 g/mol. The lowest BCUT2D eigenvalue weighted by molar-refractivity contribution is 0.296. The summed E-state index contributed by atoms with van der Waals surface area (Å²) in [7, 11) is -3.69. The van der Waals surface area contributed by atoms with Crippen LogP contribution in [0.3, 0.4) is 0 Å². The standard InChI is InChI=1S/C11H10BrClN2O2S/c12-9-6-8(2-3-10(9)13)18(16,17)15-11(7-14)4-1-5-11/h2-3,6,15H,1,4-5H2. The van der Waals surface area contributed by atoms with Crippen LogP contribution in [0.2, 0.25) is 5.02 Å². The summed E-state index contributed by atoms with van der Waals surface area (Å²) in [6.45, 7) is 0. The third kappa shape index (κ3) is 2.54. The van der Waals surface area contributed by atoms with Crippen LogP contribution in [-0.2, 0) is 10.0 Å². The van der Waals surface area contributed by atoms with Crippen LogP contribution in [0.25, 0.3) is 0 Å². The van der Waals surface area contributed by atoms with Crippen molar-refractivity contribution in [2.24, 2.45) is 0 Å². The SMILES string of the molecule is N#CC1(NS(=O)(=O)c2ccc(Cl)c(Br)c2)CCC1. The quantitative estimate of drug-likeness (QED) is 0.912. The maximum atomic E-state index is 12.1. The molecule has 0 heterocycles. The zero-order valence-corrected chi connectivity index (χ0v) is 12.4. The number of hydrogen-bond acceptors (Lipinski definition) is 3. The first kappa shape index (κ1) is 13.8. The van der Waals surface area contributed by atoms with Crippen LogP contribution < -0.4 is 4.72 Å². The Bertz CT molecular complexity index is 620. The number of nitrogens with zero attached hydrogens (tertiary/aromatic N) is 1. The highest BCUT2D eigenvalue weighted by molar-refractivity contribution is 9.10. The highest BCUT2D eigenvalue weighted by atomic mass is 79.9. The van der Waals surface area contributed by atoms with Crippen LogP contribution in [0.15, 0.2) is 27.6 Å². The summed E-state index contributed by atoms with van der Waals surface area (Å²) >= 11 is 8.99. The van der Waals surface area contributed by atoms with E-state index in [0.29, 0.717) is 22.3 Å². The summed E-state index contributed by atoms with van der Waals surface area (Å²) in [6.07, 6.45) is 1.97. The highest BCUT2D eigenvalue weighted by Gasteiger charge is 2.41. The number of nitriles is 1. The lowest BCUT2D eigenvalue weighted by Gasteiger charge is -2.35. The van der Waals surface area contributed by atoms with Gasteiger partial charge in [-0.2, -0.15) is 9.98 Å². The van der Waals surface area contributed by atoms with Crippen molar-refractivity contribution in [3.8, 4) is 6.07 Å². The van der Waals surface area contributed by atoms with Crippen LogP contribution in [0.4, 0.5) is 0 Å². The molecule has 0 spiro atoms. The minimum atomic E-state index is -3.69. The van der Waals surface area contributed by atoms with Crippen molar-refractivity contribution in [1.29, 1.82) is 5.26 Å². The molecular formula is C11H10BrClN2O2S. The number of nitrogens with one attached hydrogen (secondary N) is 1. The molecule has 0 bridgehead atoms. The molecule has 0 aliphatic heterocycles. The Kier molecular flexibility index (Phi) is 3.70. The molecule has 0 aromatic heterocycles. The number of sulfonamides is 1. The van der Waals surface area contributed by atoms with Crippen LogP contribution in [0.5, 0.6) is 0 Å². The Morgan fingerprint density at radius 1 is 1.44 bits per heavy atom. The van der Waals surface area contributed by atoms with E-state index < -0.39 is 15.6 Å². The second-order valence-corrected chi connectivity index (χ2v) is 7.17. The third-order valence-corrected chi connectivity index (χ3v) is 5.70. The Hall–Kier alpha value is -0.610. The highest BCUT2D eigenvalue weighted by Crippen LogP contribution is 2.33. The van der Waals surface area contributed by atoms with Crippen molar-refractivity contribution in [3.05, 3.63) is 27.7 Å². The van der Waals surface area contributed by atoms with E-state index in [1.54, 1.807) is 0 Å². The summed E-state index contributed by atoms with van der Waals surface area (Å²) < 4.78 is 27.2. The fourth-order valence-electron chi connectivity index (χ4n) is 1.73. The molecule has 0 amide bonds. The summed E-state index contributed by atoms with van der Waals surface area (Å²) in [5.41, 5.74) is -0.940. The van der Waals surface area contributed by atoms with Gasteiger partial charge >= 0.3 is 0 Å². The van der Waals surface area contributed by atoms with Gasteiger partial charge in [0, 0.05) is 4.47 Å². The minimum Gasteiger partial charge on any atom is -0.207 e. The summed E-state index contributed by atoms with van der Waals surface area (Å²) in [5, 5.41) is 9.48. The molecule has 4 nitrogen and oxygen atoms in total. The van der Waals surface area contributed by atoms with Crippen molar-refractivity contribution < 1.29 is 8.42 Å². The van der Waals surface area contributed by atoms with Gasteiger partial charge in [0.25, 0.3) is 0 Å². The number of halogens is 2. The Labute approximate surface area is 119 Å². The summed E-state index contributed by atoms with van der Waals surface area (Å²) in [5.74, 6) is 0. The summed E-state index contributed by atoms with van der Waals surface area (Å²) in [6, 6.07) is 6.38. The minimum absolute atomic E-state index is 0.0975. The lowest BCUT2D eigenvalue weighted by Crippen LogP contribution is -2.52. The normalized spacial score (nSPS) is 17.8. The van der Waals surface area contributed by atoms with Crippen molar-refractivity contribution in [2.75, 3.05) is 0 Å². The average Bonchev–Trinajstić information content (AvgIpc) is 2.27. The molecule has 2 rings (SSSR count). The van der Waals surface area contributed by atoms with E-state index in [2.05, 4.69) is 20.7 Å². The van der Waals surface area contributed by atoms with E-state index in [1.807, 2.05) is 6.07 Å². The molecule has 7 heteroatoms. The van der Waals surface area contributed by atoms with Gasteiger partial charge < -0.3 is 0 Å². The molecular weight excluding hydrogens is 340 g/mol. The van der Waals surface area contributed by atoms with Gasteiger partial charge in [0.05, 0.1) is 16.0 Å². The topological polar surface area (TPSA) is 70.0 Å². The van der Waals surface area contributed by atoms with Crippen molar-refractivity contribution in [1.82, 2.24) is 4.72 Å². The van der Waals surface area contributed by atoms with E-state index in [4.69, 9.17) is 16.9 Å². The van der Waals surface area contributed by atoms with E-state index in [0.717, 1.165) is 6.42 Å². The van der Waals surface area contributed by atoms with Gasteiger partial charge in [0.15, 0.2) is 0 Å². The molecule has 1 saturated carbocycles. The average molecular weight is 350 g/mol. The fourth-order valence-corrected chi connectivity index (χ4v) is 3.78. The molecule has 1 fully saturated rings. The molecule has 0 saturated heterocycles. The van der Waals surface area contributed by atoms with Gasteiger partial charge in [-0.3, -0.25) is 0 Å². The molecule has 0 radical (unpaired) electrons. The number of hydrogen-bond donors (Lipinski definition) is 1. The van der Waals surface area contributed by atoms with Crippen molar-refractivity contribution in [3.63, 3.8) is 0 Å². The molecule has 0 unspecified atom stereocenters. The van der Waals surface area contributed by atoms with Crippen LogP contribution in [-0.4, -0.2) is 14.0 Å². The molecule has 96 valence electrons. The first-order valence-electron chi connectivity index (χ1n) is 5.29. The number of benzene rings is 1. The second-order valence-electron chi connectivity index (χ2n) is 4.23. The Morgan fingerprint density at radius 2 is 2.11 bits per heavy atom. The van der Waals surface area contributed by atoms with Crippen LogP contribution >= 0.6 is 27.5 Å². The summed E-state index contributed by atoms with van der Waals surface area (Å²) in [4.78, 5) is 0.0975. The van der Waals surface area contributed by atoms with E-state index >= 15 is 0 Å². The molecule has 0 atom stereocenters. The Balaban J connectivity index is 2.31. The third-order valence-electron chi connectivity index (χ3n) is 2.95. The molecule has 1 aromatic carbocycles. The zero-order chi connectivity index (χ0) is 13.4. The van der Waals surface area contributed by atoms with E-state index in [9.17, 15) is 8.42 Å². The molecule has 18 heavy (non-hydrogen) atoms. The van der Waals surface area contributed by atoms with Crippen LogP contribution in [0.1, 0.15) is 19.3 Å². The van der Waals surface area contributed by atoms with Gasteiger partial charge in [-0.15, -0.1) is 0 Å².